The number of carbonyl (C=O) groups is 1. The second-order valence-electron chi connectivity index (χ2n) is 6.02. The predicted octanol–water partition coefficient (Wildman–Crippen LogP) is 4.53. The third-order valence-electron chi connectivity index (χ3n) is 4.30. The van der Waals surface area contributed by atoms with Crippen LogP contribution in [0.4, 0.5) is 11.5 Å². The van der Waals surface area contributed by atoms with Crippen molar-refractivity contribution in [2.45, 2.75) is 20.3 Å². The Morgan fingerprint density at radius 1 is 1.21 bits per heavy atom. The summed E-state index contributed by atoms with van der Waals surface area (Å²) in [6.45, 7) is 3.98. The van der Waals surface area contributed by atoms with E-state index in [0.717, 1.165) is 28.3 Å². The van der Waals surface area contributed by atoms with Crippen molar-refractivity contribution in [2.24, 2.45) is 0 Å². The molecule has 3 rings (SSSR count). The van der Waals surface area contributed by atoms with Gasteiger partial charge in [0.05, 0.1) is 25.5 Å². The van der Waals surface area contributed by atoms with Crippen LogP contribution in [0.3, 0.4) is 0 Å². The monoisotopic (exact) mass is 399 g/mol. The highest BCUT2D eigenvalue weighted by Gasteiger charge is 2.16. The van der Waals surface area contributed by atoms with Gasteiger partial charge in [0.1, 0.15) is 11.6 Å². The average molecular weight is 399 g/mol. The Balaban J connectivity index is 2.04. The molecule has 0 fully saturated rings. The summed E-state index contributed by atoms with van der Waals surface area (Å²) in [4.78, 5) is 20.5. The molecule has 0 unspecified atom stereocenters. The van der Waals surface area contributed by atoms with E-state index in [4.69, 9.17) is 14.5 Å². The number of aromatic nitrogens is 2. The molecule has 8 heteroatoms. The molecule has 7 nitrogen and oxygen atoms in total. The fraction of sp³-hybridized carbons (Fsp3) is 0.250. The Labute approximate surface area is 167 Å². The van der Waals surface area contributed by atoms with Crippen LogP contribution in [-0.4, -0.2) is 35.3 Å². The number of methoxy groups -OCH3 is 2. The van der Waals surface area contributed by atoms with Crippen LogP contribution in [0.1, 0.15) is 28.5 Å². The molecule has 28 heavy (non-hydrogen) atoms. The number of nitrogens with zero attached hydrogens (tertiary/aromatic N) is 2. The molecule has 2 aromatic heterocycles. The number of nitrogens with one attached hydrogen (secondary N) is 1. The van der Waals surface area contributed by atoms with Gasteiger partial charge in [-0.2, -0.15) is 0 Å². The molecule has 146 valence electrons. The van der Waals surface area contributed by atoms with Crippen molar-refractivity contribution < 1.29 is 19.4 Å². The molecular weight excluding hydrogens is 378 g/mol. The first-order valence-electron chi connectivity index (χ1n) is 8.65. The fourth-order valence-corrected chi connectivity index (χ4v) is 3.56. The first kappa shape index (κ1) is 19.6. The van der Waals surface area contributed by atoms with Crippen LogP contribution in [0.5, 0.6) is 10.8 Å². The quantitative estimate of drug-likeness (QED) is 0.602. The number of aromatic carboxylic acids is 1. The van der Waals surface area contributed by atoms with E-state index in [1.165, 1.54) is 30.6 Å². The Morgan fingerprint density at radius 3 is 2.61 bits per heavy atom. The van der Waals surface area contributed by atoms with Crippen LogP contribution in [0, 0.1) is 6.92 Å². The summed E-state index contributed by atoms with van der Waals surface area (Å²) in [5.74, 6) is 0.678. The van der Waals surface area contributed by atoms with Crippen molar-refractivity contribution in [2.75, 3.05) is 19.5 Å². The smallest absolute Gasteiger partial charge is 0.335 e. The van der Waals surface area contributed by atoms with Crippen LogP contribution in [0.15, 0.2) is 29.6 Å². The molecule has 0 radical (unpaired) electrons. The lowest BCUT2D eigenvalue weighted by Gasteiger charge is -2.16. The van der Waals surface area contributed by atoms with Crippen LogP contribution in [0.25, 0.3) is 11.4 Å². The maximum Gasteiger partial charge on any atom is 0.335 e. The fourth-order valence-electron chi connectivity index (χ4n) is 2.85. The third-order valence-corrected chi connectivity index (χ3v) is 5.19. The van der Waals surface area contributed by atoms with Gasteiger partial charge >= 0.3 is 5.97 Å². The van der Waals surface area contributed by atoms with Crippen LogP contribution in [-0.2, 0) is 6.42 Å². The van der Waals surface area contributed by atoms with Gasteiger partial charge in [-0.15, -0.1) is 11.3 Å². The average Bonchev–Trinajstić information content (AvgIpc) is 3.17. The number of benzene rings is 1. The Morgan fingerprint density at radius 2 is 2.00 bits per heavy atom. The predicted molar refractivity (Wildman–Crippen MR) is 109 cm³/mol. The van der Waals surface area contributed by atoms with Gasteiger partial charge in [0.2, 0.25) is 0 Å². The number of rotatable bonds is 7. The number of aryl methyl sites for hydroxylation is 1. The molecule has 0 atom stereocenters. The van der Waals surface area contributed by atoms with E-state index in [1.54, 1.807) is 13.2 Å². The SMILES string of the molecule is CCc1c(C)nc(-c2csc(OC)c2)nc1Nc1ccc(C(=O)O)cc1OC. The van der Waals surface area contributed by atoms with E-state index >= 15 is 0 Å². The number of anilines is 2. The first-order valence-corrected chi connectivity index (χ1v) is 9.53. The standard InChI is InChI=1S/C20H21N3O4S/c1-5-14-11(2)21-18(13-9-17(27-4)28-10-13)23-19(14)22-15-7-6-12(20(24)25)8-16(15)26-3/h6-10H,5H2,1-4H3,(H,24,25)(H,21,22,23). The van der Waals surface area contributed by atoms with E-state index in [0.29, 0.717) is 23.1 Å². The van der Waals surface area contributed by atoms with Crippen molar-refractivity contribution in [1.82, 2.24) is 9.97 Å². The second-order valence-corrected chi connectivity index (χ2v) is 6.89. The van der Waals surface area contributed by atoms with Crippen LogP contribution < -0.4 is 14.8 Å². The Bertz CT molecular complexity index is 1020. The lowest BCUT2D eigenvalue weighted by Crippen LogP contribution is -2.06. The molecular formula is C20H21N3O4S. The number of ether oxygens (including phenoxy) is 2. The summed E-state index contributed by atoms with van der Waals surface area (Å²) in [5, 5.41) is 15.2. The minimum atomic E-state index is -1.01. The molecule has 0 aliphatic heterocycles. The van der Waals surface area contributed by atoms with Crippen molar-refractivity contribution >= 4 is 28.8 Å². The molecule has 0 aliphatic rings. The molecule has 2 heterocycles. The maximum absolute atomic E-state index is 11.2. The summed E-state index contributed by atoms with van der Waals surface area (Å²) in [6, 6.07) is 6.58. The van der Waals surface area contributed by atoms with Gasteiger partial charge in [-0.3, -0.25) is 0 Å². The van der Waals surface area contributed by atoms with Gasteiger partial charge in [-0.1, -0.05) is 6.92 Å². The largest absolute Gasteiger partial charge is 0.495 e. The van der Waals surface area contributed by atoms with Gasteiger partial charge in [0.15, 0.2) is 10.9 Å². The molecule has 0 spiro atoms. The highest BCUT2D eigenvalue weighted by molar-refractivity contribution is 7.12. The van der Waals surface area contributed by atoms with Crippen LogP contribution in [0.2, 0.25) is 0 Å². The van der Waals surface area contributed by atoms with E-state index < -0.39 is 5.97 Å². The van der Waals surface area contributed by atoms with E-state index in [1.807, 2.05) is 25.3 Å². The zero-order chi connectivity index (χ0) is 20.3. The molecule has 3 aromatic rings. The van der Waals surface area contributed by atoms with Gasteiger partial charge in [0.25, 0.3) is 0 Å². The highest BCUT2D eigenvalue weighted by atomic mass is 32.1. The minimum absolute atomic E-state index is 0.156. The van der Waals surface area contributed by atoms with Gasteiger partial charge in [-0.25, -0.2) is 14.8 Å². The van der Waals surface area contributed by atoms with Crippen molar-refractivity contribution in [3.63, 3.8) is 0 Å². The summed E-state index contributed by atoms with van der Waals surface area (Å²) in [5.41, 5.74) is 3.53. The molecule has 0 amide bonds. The Hall–Kier alpha value is -3.13. The van der Waals surface area contributed by atoms with Gasteiger partial charge < -0.3 is 19.9 Å². The number of thiophene rings is 1. The lowest BCUT2D eigenvalue weighted by atomic mass is 10.1. The zero-order valence-electron chi connectivity index (χ0n) is 16.1. The zero-order valence-corrected chi connectivity index (χ0v) is 16.9. The number of carboxylic acids is 1. The second kappa shape index (κ2) is 8.26. The molecule has 1 aromatic carbocycles. The summed E-state index contributed by atoms with van der Waals surface area (Å²) in [6.07, 6.45) is 0.747. The number of hydrogen-bond acceptors (Lipinski definition) is 7. The first-order chi connectivity index (χ1) is 13.5. The molecule has 2 N–H and O–H groups in total. The van der Waals surface area contributed by atoms with E-state index in [9.17, 15) is 9.90 Å². The minimum Gasteiger partial charge on any atom is -0.495 e. The van der Waals surface area contributed by atoms with Gasteiger partial charge in [0, 0.05) is 28.3 Å². The molecule has 0 saturated heterocycles. The van der Waals surface area contributed by atoms with E-state index in [2.05, 4.69) is 10.3 Å². The normalized spacial score (nSPS) is 10.6. The summed E-state index contributed by atoms with van der Waals surface area (Å²) in [7, 11) is 3.13. The van der Waals surface area contributed by atoms with Crippen molar-refractivity contribution in [3.8, 4) is 22.2 Å². The Kier molecular flexibility index (Phi) is 5.79. The van der Waals surface area contributed by atoms with Gasteiger partial charge in [-0.05, 0) is 31.5 Å². The molecule has 0 saturated carbocycles. The third kappa shape index (κ3) is 3.91. The maximum atomic E-state index is 11.2. The highest BCUT2D eigenvalue weighted by Crippen LogP contribution is 2.33. The van der Waals surface area contributed by atoms with Crippen molar-refractivity contribution in [1.29, 1.82) is 0 Å². The molecule has 0 aliphatic carbocycles. The summed E-state index contributed by atoms with van der Waals surface area (Å²) >= 11 is 1.48. The van der Waals surface area contributed by atoms with E-state index in [-0.39, 0.29) is 5.56 Å². The summed E-state index contributed by atoms with van der Waals surface area (Å²) < 4.78 is 10.6. The number of hydrogen-bond donors (Lipinski definition) is 2. The topological polar surface area (TPSA) is 93.6 Å². The number of carboxylic acid groups (broad SMARTS) is 1. The van der Waals surface area contributed by atoms with Crippen molar-refractivity contribution in [3.05, 3.63) is 46.5 Å². The lowest BCUT2D eigenvalue weighted by molar-refractivity contribution is 0.0696. The van der Waals surface area contributed by atoms with Crippen LogP contribution >= 0.6 is 11.3 Å². The molecule has 0 bridgehead atoms.